The highest BCUT2D eigenvalue weighted by atomic mass is 32.2. The molecule has 0 radical (unpaired) electrons. The fourth-order valence-corrected chi connectivity index (χ4v) is 3.33. The second kappa shape index (κ2) is 6.36. The standard InChI is InChI=1S/C14H18N2O4S/c1-10(6-11-2-3-11)16-21(19,20)13-7-12(8-15-9-13)4-5-14(17)18/h4-5,7-11,16H,2-3,6H2,1H3,(H,17,18). The molecule has 2 rings (SSSR count). The molecule has 0 saturated heterocycles. The molecule has 0 bridgehead atoms. The summed E-state index contributed by atoms with van der Waals surface area (Å²) in [6.07, 6.45) is 8.09. The Morgan fingerprint density at radius 3 is 2.86 bits per heavy atom. The Balaban J connectivity index is 2.11. The maximum Gasteiger partial charge on any atom is 0.328 e. The van der Waals surface area contributed by atoms with Crippen molar-refractivity contribution in [1.29, 1.82) is 0 Å². The number of carboxylic acids is 1. The van der Waals surface area contributed by atoms with E-state index in [-0.39, 0.29) is 10.9 Å². The Labute approximate surface area is 124 Å². The highest BCUT2D eigenvalue weighted by molar-refractivity contribution is 7.89. The quantitative estimate of drug-likeness (QED) is 0.746. The van der Waals surface area contributed by atoms with Gasteiger partial charge in [0.15, 0.2) is 0 Å². The summed E-state index contributed by atoms with van der Waals surface area (Å²) < 4.78 is 27.1. The molecule has 1 heterocycles. The lowest BCUT2D eigenvalue weighted by Gasteiger charge is -2.13. The Bertz CT molecular complexity index is 651. The number of aromatic nitrogens is 1. The van der Waals surface area contributed by atoms with E-state index >= 15 is 0 Å². The van der Waals surface area contributed by atoms with Crippen molar-refractivity contribution in [3.8, 4) is 0 Å². The van der Waals surface area contributed by atoms with Gasteiger partial charge in [-0.05, 0) is 37.0 Å². The minimum absolute atomic E-state index is 0.0395. The summed E-state index contributed by atoms with van der Waals surface area (Å²) in [5.41, 5.74) is 0.426. The second-order valence-corrected chi connectivity index (χ2v) is 7.04. The molecule has 1 aromatic heterocycles. The number of nitrogens with zero attached hydrogens (tertiary/aromatic N) is 1. The minimum atomic E-state index is -3.63. The van der Waals surface area contributed by atoms with Crippen molar-refractivity contribution in [3.05, 3.63) is 30.1 Å². The van der Waals surface area contributed by atoms with Gasteiger partial charge < -0.3 is 5.11 Å². The molecule has 21 heavy (non-hydrogen) atoms. The molecule has 1 saturated carbocycles. The van der Waals surface area contributed by atoms with E-state index in [0.717, 1.165) is 12.5 Å². The number of pyridine rings is 1. The van der Waals surface area contributed by atoms with Crippen LogP contribution in [0.4, 0.5) is 0 Å². The monoisotopic (exact) mass is 310 g/mol. The fourth-order valence-electron chi connectivity index (χ4n) is 2.08. The van der Waals surface area contributed by atoms with E-state index in [1.54, 1.807) is 0 Å². The molecule has 1 fully saturated rings. The molecular formula is C14H18N2O4S. The number of aliphatic carboxylic acids is 1. The van der Waals surface area contributed by atoms with Crippen LogP contribution in [0.5, 0.6) is 0 Å². The molecule has 1 aliphatic carbocycles. The van der Waals surface area contributed by atoms with E-state index in [0.29, 0.717) is 11.5 Å². The lowest BCUT2D eigenvalue weighted by Crippen LogP contribution is -2.33. The van der Waals surface area contributed by atoms with Crippen LogP contribution in [-0.4, -0.2) is 30.5 Å². The maximum atomic E-state index is 12.2. The predicted octanol–water partition coefficient (Wildman–Crippen LogP) is 1.65. The molecule has 0 aromatic carbocycles. The van der Waals surface area contributed by atoms with E-state index < -0.39 is 16.0 Å². The molecule has 7 heteroatoms. The molecule has 114 valence electrons. The number of sulfonamides is 1. The number of nitrogens with one attached hydrogen (secondary N) is 1. The topological polar surface area (TPSA) is 96.4 Å². The van der Waals surface area contributed by atoms with Gasteiger partial charge in [0.2, 0.25) is 10.0 Å². The summed E-state index contributed by atoms with van der Waals surface area (Å²) in [7, 11) is -3.63. The van der Waals surface area contributed by atoms with Crippen LogP contribution in [0.1, 0.15) is 31.7 Å². The number of rotatable bonds is 7. The fraction of sp³-hybridized carbons (Fsp3) is 0.429. The van der Waals surface area contributed by atoms with Gasteiger partial charge in [-0.25, -0.2) is 17.9 Å². The third kappa shape index (κ3) is 4.95. The van der Waals surface area contributed by atoms with Crippen molar-refractivity contribution in [2.45, 2.75) is 37.1 Å². The van der Waals surface area contributed by atoms with Crippen LogP contribution in [0, 0.1) is 5.92 Å². The highest BCUT2D eigenvalue weighted by Gasteiger charge is 2.26. The third-order valence-electron chi connectivity index (χ3n) is 3.20. The number of hydrogen-bond donors (Lipinski definition) is 2. The highest BCUT2D eigenvalue weighted by Crippen LogP contribution is 2.33. The van der Waals surface area contributed by atoms with Crippen molar-refractivity contribution in [2.75, 3.05) is 0 Å². The maximum absolute atomic E-state index is 12.2. The van der Waals surface area contributed by atoms with Crippen LogP contribution in [-0.2, 0) is 14.8 Å². The SMILES string of the molecule is CC(CC1CC1)NS(=O)(=O)c1cncc(C=CC(=O)O)c1. The number of carboxylic acid groups (broad SMARTS) is 1. The van der Waals surface area contributed by atoms with Gasteiger partial charge in [-0.3, -0.25) is 4.98 Å². The molecule has 1 aliphatic rings. The van der Waals surface area contributed by atoms with Gasteiger partial charge in [-0.1, -0.05) is 12.8 Å². The molecule has 0 spiro atoms. The summed E-state index contributed by atoms with van der Waals surface area (Å²) in [4.78, 5) is 14.4. The van der Waals surface area contributed by atoms with Gasteiger partial charge in [-0.15, -0.1) is 0 Å². The van der Waals surface area contributed by atoms with Crippen LogP contribution in [0.3, 0.4) is 0 Å². The van der Waals surface area contributed by atoms with E-state index in [4.69, 9.17) is 5.11 Å². The first-order valence-electron chi connectivity index (χ1n) is 6.75. The normalized spacial score (nSPS) is 17.0. The van der Waals surface area contributed by atoms with Crippen molar-refractivity contribution < 1.29 is 18.3 Å². The Morgan fingerprint density at radius 1 is 1.52 bits per heavy atom. The average molecular weight is 310 g/mol. The molecule has 1 aromatic rings. The third-order valence-corrected chi connectivity index (χ3v) is 4.76. The summed E-state index contributed by atoms with van der Waals surface area (Å²) in [6.45, 7) is 1.84. The van der Waals surface area contributed by atoms with Gasteiger partial charge in [-0.2, -0.15) is 0 Å². The predicted molar refractivity (Wildman–Crippen MR) is 78.0 cm³/mol. The largest absolute Gasteiger partial charge is 0.478 e. The van der Waals surface area contributed by atoms with Crippen molar-refractivity contribution in [2.24, 2.45) is 5.92 Å². The molecule has 2 N–H and O–H groups in total. The average Bonchev–Trinajstić information content (AvgIpc) is 3.20. The summed E-state index contributed by atoms with van der Waals surface area (Å²) >= 11 is 0. The summed E-state index contributed by atoms with van der Waals surface area (Å²) in [5.74, 6) is -0.467. The van der Waals surface area contributed by atoms with Crippen LogP contribution in [0.25, 0.3) is 6.08 Å². The Morgan fingerprint density at radius 2 is 2.24 bits per heavy atom. The smallest absolute Gasteiger partial charge is 0.328 e. The molecular weight excluding hydrogens is 292 g/mol. The van der Waals surface area contributed by atoms with E-state index in [2.05, 4.69) is 9.71 Å². The minimum Gasteiger partial charge on any atom is -0.478 e. The van der Waals surface area contributed by atoms with Gasteiger partial charge in [0.1, 0.15) is 4.90 Å². The Hall–Kier alpha value is -1.73. The van der Waals surface area contributed by atoms with Gasteiger partial charge in [0.05, 0.1) is 0 Å². The first-order chi connectivity index (χ1) is 9.87. The molecule has 0 aliphatic heterocycles. The van der Waals surface area contributed by atoms with Crippen LogP contribution in [0.2, 0.25) is 0 Å². The molecule has 1 unspecified atom stereocenters. The van der Waals surface area contributed by atoms with Gasteiger partial charge in [0, 0.05) is 24.5 Å². The van der Waals surface area contributed by atoms with Crippen LogP contribution >= 0.6 is 0 Å². The Kier molecular flexibility index (Phi) is 4.74. The lowest BCUT2D eigenvalue weighted by atomic mass is 10.2. The van der Waals surface area contributed by atoms with Gasteiger partial charge in [0.25, 0.3) is 0 Å². The molecule has 0 amide bonds. The number of hydrogen-bond acceptors (Lipinski definition) is 4. The van der Waals surface area contributed by atoms with Gasteiger partial charge >= 0.3 is 5.97 Å². The van der Waals surface area contributed by atoms with Crippen molar-refractivity contribution in [3.63, 3.8) is 0 Å². The number of carbonyl (C=O) groups is 1. The first kappa shape index (κ1) is 15.7. The zero-order valence-electron chi connectivity index (χ0n) is 11.7. The van der Waals surface area contributed by atoms with E-state index in [1.807, 2.05) is 6.92 Å². The van der Waals surface area contributed by atoms with Crippen molar-refractivity contribution >= 4 is 22.1 Å². The van der Waals surface area contributed by atoms with E-state index in [9.17, 15) is 13.2 Å². The van der Waals surface area contributed by atoms with E-state index in [1.165, 1.54) is 37.4 Å². The van der Waals surface area contributed by atoms with Crippen molar-refractivity contribution in [1.82, 2.24) is 9.71 Å². The summed E-state index contributed by atoms with van der Waals surface area (Å²) in [5, 5.41) is 8.57. The zero-order chi connectivity index (χ0) is 15.5. The first-order valence-corrected chi connectivity index (χ1v) is 8.23. The zero-order valence-corrected chi connectivity index (χ0v) is 12.5. The summed E-state index contributed by atoms with van der Waals surface area (Å²) in [6, 6.07) is 1.28. The molecule has 1 atom stereocenters. The van der Waals surface area contributed by atoms with Crippen LogP contribution in [0.15, 0.2) is 29.4 Å². The lowest BCUT2D eigenvalue weighted by molar-refractivity contribution is -0.131. The molecule has 6 nitrogen and oxygen atoms in total. The second-order valence-electron chi connectivity index (χ2n) is 5.33. The van der Waals surface area contributed by atoms with Crippen LogP contribution < -0.4 is 4.72 Å².